The van der Waals surface area contributed by atoms with Gasteiger partial charge in [0.05, 0.1) is 12.1 Å². The second kappa shape index (κ2) is 7.80. The molecule has 0 aromatic carbocycles. The van der Waals surface area contributed by atoms with Gasteiger partial charge >= 0.3 is 0 Å². The first-order valence-electron chi connectivity index (χ1n) is 7.62. The number of hydrogen-bond acceptors (Lipinski definition) is 4. The molecule has 4 nitrogen and oxygen atoms in total. The quantitative estimate of drug-likeness (QED) is 0.610. The molecule has 2 fully saturated rings. The topological polar surface area (TPSA) is 47.9 Å². The molecule has 0 radical (unpaired) electrons. The normalized spacial score (nSPS) is 31.6. The van der Waals surface area contributed by atoms with Crippen LogP contribution in [0.4, 0.5) is 0 Å². The second-order valence-corrected chi connectivity index (χ2v) is 8.06. The highest BCUT2D eigenvalue weighted by atomic mass is 32.2. The highest BCUT2D eigenvalue weighted by Crippen LogP contribution is 2.28. The third-order valence-electron chi connectivity index (χ3n) is 3.83. The van der Waals surface area contributed by atoms with Crippen molar-refractivity contribution in [2.45, 2.75) is 37.5 Å². The molecular formula is C14H27N3OS2. The number of thioether (sulfide) groups is 2. The van der Waals surface area contributed by atoms with E-state index in [1.807, 2.05) is 11.8 Å². The van der Waals surface area contributed by atoms with Crippen LogP contribution in [0.25, 0.3) is 0 Å². The molecule has 116 valence electrons. The van der Waals surface area contributed by atoms with Crippen molar-refractivity contribution in [2.75, 3.05) is 43.4 Å². The molecule has 0 bridgehead atoms. The van der Waals surface area contributed by atoms with Crippen LogP contribution in [-0.2, 0) is 0 Å². The molecule has 2 saturated heterocycles. The molecule has 20 heavy (non-hydrogen) atoms. The van der Waals surface area contributed by atoms with E-state index in [1.54, 1.807) is 0 Å². The van der Waals surface area contributed by atoms with Crippen molar-refractivity contribution < 1.29 is 5.11 Å². The number of nitrogens with one attached hydrogen (secondary N) is 1. The van der Waals surface area contributed by atoms with Gasteiger partial charge in [-0.25, -0.2) is 0 Å². The highest BCUT2D eigenvalue weighted by molar-refractivity contribution is 8.00. The molecule has 2 heterocycles. The predicted molar refractivity (Wildman–Crippen MR) is 91.0 cm³/mol. The first-order chi connectivity index (χ1) is 9.67. The molecule has 0 saturated carbocycles. The molecule has 0 spiro atoms. The summed E-state index contributed by atoms with van der Waals surface area (Å²) in [6, 6.07) is 0. The Labute approximate surface area is 131 Å². The number of nitrogens with zero attached hydrogens (tertiary/aromatic N) is 2. The van der Waals surface area contributed by atoms with Crippen molar-refractivity contribution in [3.63, 3.8) is 0 Å². The standard InChI is InChI=1S/C14H27N3OS2/c1-3-12-9-17(6-8-20-12)13(15-4-2)16-10-14(18)5-7-19-11-14/h12,18H,3-11H2,1-2H3,(H,15,16). The largest absolute Gasteiger partial charge is 0.387 e. The molecular weight excluding hydrogens is 290 g/mol. The molecule has 2 atom stereocenters. The third kappa shape index (κ3) is 4.46. The van der Waals surface area contributed by atoms with Crippen molar-refractivity contribution in [2.24, 2.45) is 4.99 Å². The van der Waals surface area contributed by atoms with Crippen LogP contribution in [0.1, 0.15) is 26.7 Å². The minimum Gasteiger partial charge on any atom is -0.387 e. The summed E-state index contributed by atoms with van der Waals surface area (Å²) >= 11 is 3.90. The SMILES string of the molecule is CCNC(=NCC1(O)CCSC1)N1CCSC(CC)C1. The molecule has 2 unspecified atom stereocenters. The van der Waals surface area contributed by atoms with Crippen LogP contribution in [0.2, 0.25) is 0 Å². The van der Waals surface area contributed by atoms with E-state index in [1.165, 1.54) is 12.2 Å². The van der Waals surface area contributed by atoms with Gasteiger partial charge < -0.3 is 15.3 Å². The summed E-state index contributed by atoms with van der Waals surface area (Å²) in [7, 11) is 0. The van der Waals surface area contributed by atoms with Crippen LogP contribution in [0, 0.1) is 0 Å². The zero-order valence-electron chi connectivity index (χ0n) is 12.6. The Morgan fingerprint density at radius 1 is 1.45 bits per heavy atom. The van der Waals surface area contributed by atoms with Gasteiger partial charge in [0.1, 0.15) is 0 Å². The van der Waals surface area contributed by atoms with Gasteiger partial charge in [0.2, 0.25) is 0 Å². The summed E-state index contributed by atoms with van der Waals surface area (Å²) in [5.74, 6) is 4.03. The van der Waals surface area contributed by atoms with Crippen molar-refractivity contribution in [1.82, 2.24) is 10.2 Å². The zero-order valence-corrected chi connectivity index (χ0v) is 14.2. The Morgan fingerprint density at radius 2 is 2.30 bits per heavy atom. The second-order valence-electron chi connectivity index (χ2n) is 5.54. The fourth-order valence-electron chi connectivity index (χ4n) is 2.53. The molecule has 2 rings (SSSR count). The maximum Gasteiger partial charge on any atom is 0.194 e. The van der Waals surface area contributed by atoms with Crippen LogP contribution >= 0.6 is 23.5 Å². The summed E-state index contributed by atoms with van der Waals surface area (Å²) < 4.78 is 0. The average Bonchev–Trinajstić information content (AvgIpc) is 2.90. The van der Waals surface area contributed by atoms with Crippen LogP contribution in [-0.4, -0.2) is 70.3 Å². The lowest BCUT2D eigenvalue weighted by atomic mass is 10.0. The Balaban J connectivity index is 1.97. The Kier molecular flexibility index (Phi) is 6.36. The fraction of sp³-hybridized carbons (Fsp3) is 0.929. The van der Waals surface area contributed by atoms with Gasteiger partial charge in [0, 0.05) is 36.4 Å². The lowest BCUT2D eigenvalue weighted by Crippen LogP contribution is -2.48. The van der Waals surface area contributed by atoms with E-state index in [0.29, 0.717) is 11.8 Å². The molecule has 0 amide bonds. The molecule has 2 N–H and O–H groups in total. The van der Waals surface area contributed by atoms with Gasteiger partial charge in [-0.15, -0.1) is 0 Å². The van der Waals surface area contributed by atoms with Crippen molar-refractivity contribution in [3.8, 4) is 0 Å². The summed E-state index contributed by atoms with van der Waals surface area (Å²) in [6.45, 7) is 7.89. The Hall–Kier alpha value is -0.0700. The number of guanidine groups is 1. The maximum absolute atomic E-state index is 10.4. The van der Waals surface area contributed by atoms with Gasteiger partial charge in [0.25, 0.3) is 0 Å². The molecule has 0 aromatic rings. The number of rotatable bonds is 4. The van der Waals surface area contributed by atoms with Crippen LogP contribution in [0.15, 0.2) is 4.99 Å². The first kappa shape index (κ1) is 16.3. The molecule has 2 aliphatic rings. The van der Waals surface area contributed by atoms with Crippen LogP contribution < -0.4 is 5.32 Å². The number of aliphatic hydroxyl groups is 1. The minimum atomic E-state index is -0.583. The molecule has 0 aromatic heterocycles. The lowest BCUT2D eigenvalue weighted by Gasteiger charge is -2.34. The summed E-state index contributed by atoms with van der Waals surface area (Å²) in [4.78, 5) is 7.08. The Bertz CT molecular complexity index is 332. The van der Waals surface area contributed by atoms with Gasteiger partial charge in [-0.1, -0.05) is 6.92 Å². The maximum atomic E-state index is 10.4. The van der Waals surface area contributed by atoms with Crippen LogP contribution in [0.5, 0.6) is 0 Å². The van der Waals surface area contributed by atoms with E-state index < -0.39 is 5.60 Å². The van der Waals surface area contributed by atoms with E-state index in [-0.39, 0.29) is 0 Å². The van der Waals surface area contributed by atoms with Crippen molar-refractivity contribution in [3.05, 3.63) is 0 Å². The molecule has 0 aliphatic carbocycles. The molecule has 6 heteroatoms. The monoisotopic (exact) mass is 317 g/mol. The average molecular weight is 318 g/mol. The van der Waals surface area contributed by atoms with E-state index in [2.05, 4.69) is 35.8 Å². The van der Waals surface area contributed by atoms with E-state index >= 15 is 0 Å². The number of hydrogen-bond donors (Lipinski definition) is 2. The number of aliphatic imine (C=N–C) groups is 1. The van der Waals surface area contributed by atoms with E-state index in [0.717, 1.165) is 43.5 Å². The van der Waals surface area contributed by atoms with Gasteiger partial charge in [-0.3, -0.25) is 4.99 Å². The summed E-state index contributed by atoms with van der Waals surface area (Å²) in [5.41, 5.74) is -0.583. The first-order valence-corrected chi connectivity index (χ1v) is 9.82. The van der Waals surface area contributed by atoms with E-state index in [4.69, 9.17) is 4.99 Å². The Morgan fingerprint density at radius 3 is 2.95 bits per heavy atom. The van der Waals surface area contributed by atoms with Gasteiger partial charge in [-0.2, -0.15) is 23.5 Å². The van der Waals surface area contributed by atoms with Crippen LogP contribution in [0.3, 0.4) is 0 Å². The third-order valence-corrected chi connectivity index (χ3v) is 6.44. The van der Waals surface area contributed by atoms with Crippen molar-refractivity contribution >= 4 is 29.5 Å². The predicted octanol–water partition coefficient (Wildman–Crippen LogP) is 1.65. The van der Waals surface area contributed by atoms with Gasteiger partial charge in [-0.05, 0) is 25.5 Å². The highest BCUT2D eigenvalue weighted by Gasteiger charge is 2.32. The summed E-state index contributed by atoms with van der Waals surface area (Å²) in [6.07, 6.45) is 2.08. The fourth-order valence-corrected chi connectivity index (χ4v) is 4.99. The van der Waals surface area contributed by atoms with E-state index in [9.17, 15) is 5.11 Å². The summed E-state index contributed by atoms with van der Waals surface area (Å²) in [5, 5.41) is 14.5. The van der Waals surface area contributed by atoms with Crippen molar-refractivity contribution in [1.29, 1.82) is 0 Å². The lowest BCUT2D eigenvalue weighted by molar-refractivity contribution is 0.0775. The minimum absolute atomic E-state index is 0.531. The zero-order chi connectivity index (χ0) is 14.4. The van der Waals surface area contributed by atoms with Gasteiger partial charge in [0.15, 0.2) is 5.96 Å². The smallest absolute Gasteiger partial charge is 0.194 e. The molecule has 2 aliphatic heterocycles.